The lowest BCUT2D eigenvalue weighted by atomic mass is 10.1. The molecule has 2 aromatic carbocycles. The summed E-state index contributed by atoms with van der Waals surface area (Å²) in [4.78, 5) is 25.1. The third-order valence-corrected chi connectivity index (χ3v) is 6.23. The average molecular weight is 375 g/mol. The Labute approximate surface area is 164 Å². The first-order chi connectivity index (χ1) is 13.7. The van der Waals surface area contributed by atoms with Crippen molar-refractivity contribution in [1.29, 1.82) is 0 Å². The molecule has 3 heterocycles. The summed E-state index contributed by atoms with van der Waals surface area (Å²) in [7, 11) is 2.19. The van der Waals surface area contributed by atoms with Gasteiger partial charge in [-0.3, -0.25) is 4.90 Å². The summed E-state index contributed by atoms with van der Waals surface area (Å²) >= 11 is 0. The number of nitrogens with zero attached hydrogens (tertiary/aromatic N) is 3. The second kappa shape index (κ2) is 6.95. The van der Waals surface area contributed by atoms with Crippen molar-refractivity contribution in [3.63, 3.8) is 0 Å². The fraction of sp³-hybridized carbons (Fsp3) is 0.364. The Morgan fingerprint density at radius 1 is 1.07 bits per heavy atom. The van der Waals surface area contributed by atoms with E-state index in [4.69, 9.17) is 0 Å². The molecule has 2 amide bonds. The standard InChI is InChI=1S/C22H25N5O/c1-26-17-10-11-18(26)14-27(13-12-17)22(28)23-16-8-6-15(7-9-16)21-24-19-4-2-3-5-20(19)25-21/h2-9,17-18H,10-14H2,1H3,(H,23,28)(H,24,25)/t17-,18+/m1/s1. The second-order valence-electron chi connectivity index (χ2n) is 7.90. The van der Waals surface area contributed by atoms with E-state index in [0.717, 1.165) is 47.6 Å². The highest BCUT2D eigenvalue weighted by atomic mass is 16.2. The number of likely N-dealkylation sites (tertiary alicyclic amines) is 1. The maximum atomic E-state index is 12.8. The van der Waals surface area contributed by atoms with Crippen molar-refractivity contribution >= 4 is 22.8 Å². The van der Waals surface area contributed by atoms with Gasteiger partial charge in [0, 0.05) is 36.4 Å². The molecule has 5 rings (SSSR count). The number of carbonyl (C=O) groups is 1. The van der Waals surface area contributed by atoms with Crippen LogP contribution in [0.5, 0.6) is 0 Å². The van der Waals surface area contributed by atoms with Crippen LogP contribution in [0.4, 0.5) is 10.5 Å². The molecule has 2 bridgehead atoms. The van der Waals surface area contributed by atoms with Gasteiger partial charge in [0.1, 0.15) is 5.82 Å². The first kappa shape index (κ1) is 17.3. The molecule has 0 aliphatic carbocycles. The van der Waals surface area contributed by atoms with Crippen LogP contribution in [-0.2, 0) is 0 Å². The normalized spacial score (nSPS) is 22.4. The number of anilines is 1. The summed E-state index contributed by atoms with van der Waals surface area (Å²) in [5, 5.41) is 3.06. The van der Waals surface area contributed by atoms with Crippen LogP contribution >= 0.6 is 0 Å². The highest BCUT2D eigenvalue weighted by Crippen LogP contribution is 2.29. The quantitative estimate of drug-likeness (QED) is 0.713. The summed E-state index contributed by atoms with van der Waals surface area (Å²) in [5.41, 5.74) is 3.79. The summed E-state index contributed by atoms with van der Waals surface area (Å²) in [5.74, 6) is 0.839. The van der Waals surface area contributed by atoms with Gasteiger partial charge >= 0.3 is 6.03 Å². The highest BCUT2D eigenvalue weighted by molar-refractivity contribution is 5.89. The number of urea groups is 1. The lowest BCUT2D eigenvalue weighted by Gasteiger charge is -2.26. The van der Waals surface area contributed by atoms with Crippen molar-refractivity contribution in [2.75, 3.05) is 25.5 Å². The largest absolute Gasteiger partial charge is 0.338 e. The van der Waals surface area contributed by atoms with Crippen LogP contribution in [0.25, 0.3) is 22.4 Å². The lowest BCUT2D eigenvalue weighted by molar-refractivity contribution is 0.200. The van der Waals surface area contributed by atoms with E-state index in [-0.39, 0.29) is 6.03 Å². The van der Waals surface area contributed by atoms with Crippen LogP contribution < -0.4 is 5.32 Å². The Balaban J connectivity index is 1.27. The molecule has 6 nitrogen and oxygen atoms in total. The van der Waals surface area contributed by atoms with Gasteiger partial charge in [0.05, 0.1) is 11.0 Å². The zero-order valence-corrected chi connectivity index (χ0v) is 16.1. The number of aromatic nitrogens is 2. The van der Waals surface area contributed by atoms with E-state index in [0.29, 0.717) is 12.1 Å². The minimum Gasteiger partial charge on any atom is -0.338 e. The molecule has 0 unspecified atom stereocenters. The molecular formula is C22H25N5O. The first-order valence-corrected chi connectivity index (χ1v) is 10.0. The van der Waals surface area contributed by atoms with Gasteiger partial charge in [-0.15, -0.1) is 0 Å². The molecule has 2 N–H and O–H groups in total. The topological polar surface area (TPSA) is 64.3 Å². The van der Waals surface area contributed by atoms with E-state index in [2.05, 4.69) is 27.2 Å². The maximum absolute atomic E-state index is 12.8. The molecule has 0 spiro atoms. The molecular weight excluding hydrogens is 350 g/mol. The van der Waals surface area contributed by atoms with Gasteiger partial charge in [0.2, 0.25) is 0 Å². The Bertz CT molecular complexity index is 963. The van der Waals surface area contributed by atoms with E-state index in [1.807, 2.05) is 53.4 Å². The summed E-state index contributed by atoms with van der Waals surface area (Å²) < 4.78 is 0. The minimum absolute atomic E-state index is 0.00237. The van der Waals surface area contributed by atoms with Crippen LogP contribution in [0.15, 0.2) is 48.5 Å². The number of nitrogens with one attached hydrogen (secondary N) is 2. The van der Waals surface area contributed by atoms with Crippen LogP contribution in [0.2, 0.25) is 0 Å². The molecule has 6 heteroatoms. The van der Waals surface area contributed by atoms with Crippen LogP contribution in [-0.4, -0.2) is 58.0 Å². The van der Waals surface area contributed by atoms with Gasteiger partial charge in [0.15, 0.2) is 0 Å². The van der Waals surface area contributed by atoms with Gasteiger partial charge in [-0.05, 0) is 62.7 Å². The van der Waals surface area contributed by atoms with Gasteiger partial charge < -0.3 is 15.2 Å². The Morgan fingerprint density at radius 2 is 1.86 bits per heavy atom. The van der Waals surface area contributed by atoms with E-state index < -0.39 is 0 Å². The molecule has 2 fully saturated rings. The number of rotatable bonds is 2. The molecule has 144 valence electrons. The van der Waals surface area contributed by atoms with Crippen molar-refractivity contribution in [3.05, 3.63) is 48.5 Å². The van der Waals surface area contributed by atoms with E-state index >= 15 is 0 Å². The van der Waals surface area contributed by atoms with Crippen molar-refractivity contribution in [2.45, 2.75) is 31.3 Å². The molecule has 0 radical (unpaired) electrons. The average Bonchev–Trinajstić information content (AvgIpc) is 3.23. The lowest BCUT2D eigenvalue weighted by Crippen LogP contribution is -2.41. The molecule has 2 aliphatic heterocycles. The molecule has 2 saturated heterocycles. The Morgan fingerprint density at radius 3 is 2.68 bits per heavy atom. The number of hydrogen-bond acceptors (Lipinski definition) is 3. The third kappa shape index (κ3) is 3.14. The van der Waals surface area contributed by atoms with Gasteiger partial charge in [-0.2, -0.15) is 0 Å². The molecule has 2 atom stereocenters. The maximum Gasteiger partial charge on any atom is 0.321 e. The number of benzene rings is 2. The molecule has 2 aliphatic rings. The fourth-order valence-corrected chi connectivity index (χ4v) is 4.50. The van der Waals surface area contributed by atoms with Crippen molar-refractivity contribution in [1.82, 2.24) is 19.8 Å². The SMILES string of the molecule is CN1[C@@H]2CC[C@H]1CN(C(=O)Nc1ccc(-c3nc4ccccc4[nH]3)cc1)CC2. The monoisotopic (exact) mass is 375 g/mol. The van der Waals surface area contributed by atoms with Crippen molar-refractivity contribution in [2.24, 2.45) is 0 Å². The van der Waals surface area contributed by atoms with E-state index in [1.165, 1.54) is 12.8 Å². The minimum atomic E-state index is -0.00237. The predicted octanol–water partition coefficient (Wildman–Crippen LogP) is 3.93. The zero-order valence-electron chi connectivity index (χ0n) is 16.1. The fourth-order valence-electron chi connectivity index (χ4n) is 4.50. The summed E-state index contributed by atoms with van der Waals surface area (Å²) in [6, 6.07) is 17.0. The summed E-state index contributed by atoms with van der Waals surface area (Å²) in [6.45, 7) is 1.64. The van der Waals surface area contributed by atoms with Crippen LogP contribution in [0.3, 0.4) is 0 Å². The predicted molar refractivity (Wildman–Crippen MR) is 111 cm³/mol. The molecule has 1 aromatic heterocycles. The second-order valence-corrected chi connectivity index (χ2v) is 7.90. The van der Waals surface area contributed by atoms with Crippen molar-refractivity contribution in [3.8, 4) is 11.4 Å². The number of likely N-dealkylation sites (N-methyl/N-ethyl adjacent to an activating group) is 1. The number of imidazole rings is 1. The number of fused-ring (bicyclic) bond motifs is 3. The number of aromatic amines is 1. The number of H-pyrrole nitrogens is 1. The smallest absolute Gasteiger partial charge is 0.321 e. The van der Waals surface area contributed by atoms with Gasteiger partial charge in [-0.25, -0.2) is 9.78 Å². The van der Waals surface area contributed by atoms with Gasteiger partial charge in [-0.1, -0.05) is 12.1 Å². The van der Waals surface area contributed by atoms with Crippen molar-refractivity contribution < 1.29 is 4.79 Å². The zero-order chi connectivity index (χ0) is 19.1. The number of amides is 2. The van der Waals surface area contributed by atoms with Crippen LogP contribution in [0.1, 0.15) is 19.3 Å². The number of hydrogen-bond donors (Lipinski definition) is 2. The van der Waals surface area contributed by atoms with E-state index in [1.54, 1.807) is 0 Å². The van der Waals surface area contributed by atoms with Crippen LogP contribution in [0, 0.1) is 0 Å². The van der Waals surface area contributed by atoms with Gasteiger partial charge in [0.25, 0.3) is 0 Å². The number of para-hydroxylation sites is 2. The van der Waals surface area contributed by atoms with E-state index in [9.17, 15) is 4.79 Å². The third-order valence-electron chi connectivity index (χ3n) is 6.23. The summed E-state index contributed by atoms with van der Waals surface area (Å²) in [6.07, 6.45) is 3.52. The molecule has 3 aromatic rings. The molecule has 28 heavy (non-hydrogen) atoms. The molecule has 0 saturated carbocycles. The Hall–Kier alpha value is -2.86. The first-order valence-electron chi connectivity index (χ1n) is 10.0. The Kier molecular flexibility index (Phi) is 4.28. The highest BCUT2D eigenvalue weighted by Gasteiger charge is 2.35. The number of carbonyl (C=O) groups excluding carboxylic acids is 1.